The van der Waals surface area contributed by atoms with Crippen molar-refractivity contribution in [3.05, 3.63) is 64.5 Å². The van der Waals surface area contributed by atoms with Gasteiger partial charge in [0.05, 0.1) is 24.5 Å². The molecule has 1 N–H and O–H groups in total. The molecule has 1 aliphatic carbocycles. The number of pyridine rings is 1. The number of carbonyl (C=O) groups excluding carboxylic acids is 2. The Hall–Kier alpha value is -3.49. The lowest BCUT2D eigenvalue weighted by Crippen LogP contribution is -2.38. The van der Waals surface area contributed by atoms with Crippen LogP contribution in [0.5, 0.6) is 0 Å². The Morgan fingerprint density at radius 3 is 2.73 bits per heavy atom. The van der Waals surface area contributed by atoms with Crippen molar-refractivity contribution >= 4 is 11.8 Å². The summed E-state index contributed by atoms with van der Waals surface area (Å²) in [6.07, 6.45) is 5.59. The van der Waals surface area contributed by atoms with Gasteiger partial charge in [0.15, 0.2) is 5.69 Å². The summed E-state index contributed by atoms with van der Waals surface area (Å²) in [7, 11) is 1.80. The molecular formula is C24H29N7O2. The highest BCUT2D eigenvalue weighted by Gasteiger charge is 2.33. The second kappa shape index (κ2) is 8.80. The minimum Gasteiger partial charge on any atom is -0.345 e. The number of amides is 2. The fourth-order valence-corrected chi connectivity index (χ4v) is 4.36. The molecule has 5 rings (SSSR count). The first-order chi connectivity index (χ1) is 16.0. The van der Waals surface area contributed by atoms with E-state index < -0.39 is 0 Å². The molecule has 0 radical (unpaired) electrons. The standard InChI is InChI=1S/C24H29N7O2/c1-3-17-12-21(29(2)27-17)24(33)30-11-9-20-19(15-30)22(28-31(20)14-16-7-8-16)23(32)26-13-18-6-4-5-10-25-18/h4-6,10,12,16H,3,7-9,11,13-15H2,1-2H3,(H,26,32). The van der Waals surface area contributed by atoms with E-state index in [4.69, 9.17) is 5.10 Å². The predicted molar refractivity (Wildman–Crippen MR) is 121 cm³/mol. The summed E-state index contributed by atoms with van der Waals surface area (Å²) in [5.41, 5.74) is 4.60. The highest BCUT2D eigenvalue weighted by Crippen LogP contribution is 2.33. The maximum Gasteiger partial charge on any atom is 0.272 e. The van der Waals surface area contributed by atoms with E-state index in [1.54, 1.807) is 22.8 Å². The SMILES string of the molecule is CCc1cc(C(=O)N2CCc3c(c(C(=O)NCc4ccccn4)nn3CC3CC3)C2)n(C)n1. The van der Waals surface area contributed by atoms with Gasteiger partial charge in [-0.05, 0) is 43.4 Å². The molecule has 0 unspecified atom stereocenters. The van der Waals surface area contributed by atoms with E-state index in [-0.39, 0.29) is 11.8 Å². The first-order valence-corrected chi connectivity index (χ1v) is 11.6. The summed E-state index contributed by atoms with van der Waals surface area (Å²) < 4.78 is 3.65. The lowest BCUT2D eigenvalue weighted by atomic mass is 10.0. The third-order valence-corrected chi connectivity index (χ3v) is 6.43. The lowest BCUT2D eigenvalue weighted by Gasteiger charge is -2.28. The third-order valence-electron chi connectivity index (χ3n) is 6.43. The van der Waals surface area contributed by atoms with Gasteiger partial charge in [0.25, 0.3) is 11.8 Å². The van der Waals surface area contributed by atoms with E-state index in [0.717, 1.165) is 35.6 Å². The fraction of sp³-hybridized carbons (Fsp3) is 0.458. The van der Waals surface area contributed by atoms with Crippen LogP contribution in [0.15, 0.2) is 30.5 Å². The van der Waals surface area contributed by atoms with Crippen LogP contribution < -0.4 is 5.32 Å². The van der Waals surface area contributed by atoms with Gasteiger partial charge < -0.3 is 10.2 Å². The minimum atomic E-state index is -0.227. The van der Waals surface area contributed by atoms with Gasteiger partial charge in [0.1, 0.15) is 5.69 Å². The zero-order chi connectivity index (χ0) is 22.9. The fourth-order valence-electron chi connectivity index (χ4n) is 4.36. The number of hydrogen-bond donors (Lipinski definition) is 1. The molecular weight excluding hydrogens is 418 g/mol. The molecule has 1 aliphatic heterocycles. The van der Waals surface area contributed by atoms with Crippen molar-refractivity contribution in [2.24, 2.45) is 13.0 Å². The van der Waals surface area contributed by atoms with E-state index in [1.807, 2.05) is 35.9 Å². The van der Waals surface area contributed by atoms with E-state index in [0.29, 0.717) is 43.4 Å². The van der Waals surface area contributed by atoms with Crippen molar-refractivity contribution in [2.45, 2.75) is 52.2 Å². The first kappa shape index (κ1) is 21.4. The maximum atomic E-state index is 13.3. The Bertz CT molecular complexity index is 1180. The quantitative estimate of drug-likeness (QED) is 0.598. The minimum absolute atomic E-state index is 0.0647. The summed E-state index contributed by atoms with van der Waals surface area (Å²) in [6, 6.07) is 7.47. The van der Waals surface area contributed by atoms with Crippen molar-refractivity contribution in [1.82, 2.24) is 34.8 Å². The Kier molecular flexibility index (Phi) is 5.70. The zero-order valence-corrected chi connectivity index (χ0v) is 19.1. The van der Waals surface area contributed by atoms with Crippen molar-refractivity contribution in [3.63, 3.8) is 0 Å². The molecule has 33 heavy (non-hydrogen) atoms. The molecule has 9 heteroatoms. The third kappa shape index (κ3) is 4.40. The molecule has 1 saturated carbocycles. The van der Waals surface area contributed by atoms with Crippen LogP contribution in [-0.2, 0) is 39.5 Å². The van der Waals surface area contributed by atoms with Crippen molar-refractivity contribution in [2.75, 3.05) is 6.54 Å². The van der Waals surface area contributed by atoms with Crippen molar-refractivity contribution < 1.29 is 9.59 Å². The number of rotatable bonds is 7. The van der Waals surface area contributed by atoms with Gasteiger partial charge in [-0.1, -0.05) is 13.0 Å². The molecule has 0 bridgehead atoms. The second-order valence-corrected chi connectivity index (χ2v) is 8.88. The van der Waals surface area contributed by atoms with Gasteiger partial charge in [0, 0.05) is 44.0 Å². The van der Waals surface area contributed by atoms with Gasteiger partial charge in [-0.15, -0.1) is 0 Å². The highest BCUT2D eigenvalue weighted by molar-refractivity contribution is 5.95. The monoisotopic (exact) mass is 447 g/mol. The molecule has 172 valence electrons. The smallest absolute Gasteiger partial charge is 0.272 e. The van der Waals surface area contributed by atoms with Crippen LogP contribution in [0, 0.1) is 5.92 Å². The van der Waals surface area contributed by atoms with E-state index in [9.17, 15) is 9.59 Å². The molecule has 9 nitrogen and oxygen atoms in total. The summed E-state index contributed by atoms with van der Waals surface area (Å²) in [6.45, 7) is 4.17. The number of aromatic nitrogens is 5. The largest absolute Gasteiger partial charge is 0.345 e. The number of nitrogens with one attached hydrogen (secondary N) is 1. The molecule has 2 aliphatic rings. The van der Waals surface area contributed by atoms with Crippen LogP contribution in [0.2, 0.25) is 0 Å². The normalized spacial score (nSPS) is 15.4. The van der Waals surface area contributed by atoms with E-state index in [1.165, 1.54) is 12.8 Å². The Labute approximate surface area is 192 Å². The summed E-state index contributed by atoms with van der Waals surface area (Å²) in [4.78, 5) is 32.5. The summed E-state index contributed by atoms with van der Waals surface area (Å²) in [5, 5.41) is 12.1. The number of nitrogens with zero attached hydrogens (tertiary/aromatic N) is 6. The molecule has 3 aromatic heterocycles. The zero-order valence-electron chi connectivity index (χ0n) is 19.1. The number of hydrogen-bond acceptors (Lipinski definition) is 5. The van der Waals surface area contributed by atoms with Crippen LogP contribution in [0.25, 0.3) is 0 Å². The average molecular weight is 448 g/mol. The number of aryl methyl sites for hydroxylation is 2. The first-order valence-electron chi connectivity index (χ1n) is 11.6. The van der Waals surface area contributed by atoms with E-state index in [2.05, 4.69) is 15.4 Å². The van der Waals surface area contributed by atoms with Crippen molar-refractivity contribution in [3.8, 4) is 0 Å². The number of fused-ring (bicyclic) bond motifs is 1. The Balaban J connectivity index is 1.39. The van der Waals surface area contributed by atoms with Gasteiger partial charge in [-0.3, -0.25) is 23.9 Å². The van der Waals surface area contributed by atoms with Crippen LogP contribution in [-0.4, -0.2) is 47.8 Å². The van der Waals surface area contributed by atoms with Crippen LogP contribution in [0.4, 0.5) is 0 Å². The Morgan fingerprint density at radius 2 is 2.03 bits per heavy atom. The summed E-state index contributed by atoms with van der Waals surface area (Å²) in [5.74, 6) is 0.347. The topological polar surface area (TPSA) is 97.9 Å². The van der Waals surface area contributed by atoms with E-state index >= 15 is 0 Å². The maximum absolute atomic E-state index is 13.3. The molecule has 2 amide bonds. The van der Waals surface area contributed by atoms with Gasteiger partial charge >= 0.3 is 0 Å². The predicted octanol–water partition coefficient (Wildman–Crippen LogP) is 2.11. The second-order valence-electron chi connectivity index (χ2n) is 8.88. The molecule has 0 atom stereocenters. The van der Waals surface area contributed by atoms with Gasteiger partial charge in [-0.2, -0.15) is 10.2 Å². The number of carbonyl (C=O) groups is 2. The molecule has 0 aromatic carbocycles. The highest BCUT2D eigenvalue weighted by atomic mass is 16.2. The average Bonchev–Trinajstić information content (AvgIpc) is 3.47. The van der Waals surface area contributed by atoms with Crippen LogP contribution in [0.3, 0.4) is 0 Å². The molecule has 0 saturated heterocycles. The van der Waals surface area contributed by atoms with Gasteiger partial charge in [0.2, 0.25) is 0 Å². The molecule has 4 heterocycles. The van der Waals surface area contributed by atoms with Crippen molar-refractivity contribution in [1.29, 1.82) is 0 Å². The van der Waals surface area contributed by atoms with Gasteiger partial charge in [-0.25, -0.2) is 0 Å². The summed E-state index contributed by atoms with van der Waals surface area (Å²) >= 11 is 0. The van der Waals surface area contributed by atoms with Crippen LogP contribution >= 0.6 is 0 Å². The molecule has 3 aromatic rings. The molecule has 0 spiro atoms. The van der Waals surface area contributed by atoms with Crippen LogP contribution in [0.1, 0.15) is 63.4 Å². The Morgan fingerprint density at radius 1 is 1.18 bits per heavy atom. The lowest BCUT2D eigenvalue weighted by molar-refractivity contribution is 0.0719. The molecule has 1 fully saturated rings.